The van der Waals surface area contributed by atoms with Gasteiger partial charge < -0.3 is 15.5 Å². The summed E-state index contributed by atoms with van der Waals surface area (Å²) in [6.07, 6.45) is 1.33. The standard InChI is InChI=1S/C24H29N3O3/c1-17(2)16-25-22(28)19-11-13-27(14-12-19)24(30)20-9-6-10-21(15-20)26-23(29)18-7-4-3-5-8-18/h3-10,15,17,19H,11-14,16H2,1-2H3,(H,25,28)(H,26,29). The van der Waals surface area contributed by atoms with Crippen molar-refractivity contribution in [3.63, 3.8) is 0 Å². The molecule has 0 aliphatic carbocycles. The lowest BCUT2D eigenvalue weighted by Crippen LogP contribution is -2.43. The van der Waals surface area contributed by atoms with E-state index in [0.717, 1.165) is 0 Å². The summed E-state index contributed by atoms with van der Waals surface area (Å²) in [5.74, 6) is 0.177. The van der Waals surface area contributed by atoms with Crippen molar-refractivity contribution < 1.29 is 14.4 Å². The number of nitrogens with zero attached hydrogens (tertiary/aromatic N) is 1. The number of likely N-dealkylation sites (tertiary alicyclic amines) is 1. The minimum atomic E-state index is -0.214. The lowest BCUT2D eigenvalue weighted by atomic mass is 9.95. The van der Waals surface area contributed by atoms with E-state index in [0.29, 0.717) is 55.2 Å². The number of anilines is 1. The summed E-state index contributed by atoms with van der Waals surface area (Å²) in [5.41, 5.74) is 1.67. The first-order valence-electron chi connectivity index (χ1n) is 10.5. The van der Waals surface area contributed by atoms with Gasteiger partial charge in [-0.2, -0.15) is 0 Å². The van der Waals surface area contributed by atoms with Gasteiger partial charge in [-0.15, -0.1) is 0 Å². The molecule has 3 rings (SSSR count). The largest absolute Gasteiger partial charge is 0.356 e. The van der Waals surface area contributed by atoms with E-state index in [-0.39, 0.29) is 23.6 Å². The Bertz CT molecular complexity index is 888. The summed E-state index contributed by atoms with van der Waals surface area (Å²) in [6.45, 7) is 5.92. The van der Waals surface area contributed by atoms with Crippen LogP contribution in [0, 0.1) is 11.8 Å². The molecule has 2 N–H and O–H groups in total. The van der Waals surface area contributed by atoms with Crippen LogP contribution in [-0.4, -0.2) is 42.3 Å². The van der Waals surface area contributed by atoms with Gasteiger partial charge in [0.15, 0.2) is 0 Å². The normalized spacial score (nSPS) is 14.4. The molecule has 1 saturated heterocycles. The zero-order chi connectivity index (χ0) is 21.5. The SMILES string of the molecule is CC(C)CNC(=O)C1CCN(C(=O)c2cccc(NC(=O)c3ccccc3)c2)CC1. The van der Waals surface area contributed by atoms with Gasteiger partial charge in [0.25, 0.3) is 11.8 Å². The summed E-state index contributed by atoms with van der Waals surface area (Å²) in [7, 11) is 0. The minimum absolute atomic E-state index is 0.0377. The topological polar surface area (TPSA) is 78.5 Å². The Hall–Kier alpha value is -3.15. The van der Waals surface area contributed by atoms with Crippen LogP contribution in [0.3, 0.4) is 0 Å². The molecule has 0 bridgehead atoms. The maximum absolute atomic E-state index is 12.9. The number of carbonyl (C=O) groups is 3. The first-order valence-corrected chi connectivity index (χ1v) is 10.5. The van der Waals surface area contributed by atoms with Crippen LogP contribution in [0.1, 0.15) is 47.4 Å². The Labute approximate surface area is 177 Å². The highest BCUT2D eigenvalue weighted by atomic mass is 16.2. The van der Waals surface area contributed by atoms with Gasteiger partial charge in [-0.3, -0.25) is 14.4 Å². The van der Waals surface area contributed by atoms with Crippen LogP contribution in [0.2, 0.25) is 0 Å². The molecule has 1 aliphatic rings. The second kappa shape index (κ2) is 10.1. The molecule has 1 aliphatic heterocycles. The van der Waals surface area contributed by atoms with Gasteiger partial charge in [-0.05, 0) is 49.1 Å². The van der Waals surface area contributed by atoms with Gasteiger partial charge in [0.05, 0.1) is 0 Å². The fraction of sp³-hybridized carbons (Fsp3) is 0.375. The maximum Gasteiger partial charge on any atom is 0.255 e. The quantitative estimate of drug-likeness (QED) is 0.768. The first kappa shape index (κ1) is 21.6. The van der Waals surface area contributed by atoms with Gasteiger partial charge in [-0.1, -0.05) is 38.1 Å². The van der Waals surface area contributed by atoms with Crippen molar-refractivity contribution in [2.24, 2.45) is 11.8 Å². The predicted octanol–water partition coefficient (Wildman–Crippen LogP) is 3.56. The third-order valence-corrected chi connectivity index (χ3v) is 5.24. The van der Waals surface area contributed by atoms with Crippen molar-refractivity contribution in [3.05, 3.63) is 65.7 Å². The van der Waals surface area contributed by atoms with Crippen molar-refractivity contribution in [2.75, 3.05) is 25.0 Å². The van der Waals surface area contributed by atoms with E-state index >= 15 is 0 Å². The van der Waals surface area contributed by atoms with E-state index in [1.807, 2.05) is 18.2 Å². The van der Waals surface area contributed by atoms with Crippen molar-refractivity contribution in [1.29, 1.82) is 0 Å². The summed E-state index contributed by atoms with van der Waals surface area (Å²) in [4.78, 5) is 39.3. The Kier molecular flexibility index (Phi) is 7.22. The fourth-order valence-corrected chi connectivity index (χ4v) is 3.50. The lowest BCUT2D eigenvalue weighted by Gasteiger charge is -2.31. The van der Waals surface area contributed by atoms with Crippen LogP contribution in [0.4, 0.5) is 5.69 Å². The third kappa shape index (κ3) is 5.69. The zero-order valence-electron chi connectivity index (χ0n) is 17.6. The number of hydrogen-bond donors (Lipinski definition) is 2. The molecule has 0 saturated carbocycles. The smallest absolute Gasteiger partial charge is 0.255 e. The van der Waals surface area contributed by atoms with Crippen molar-refractivity contribution in [2.45, 2.75) is 26.7 Å². The van der Waals surface area contributed by atoms with Crippen molar-refractivity contribution >= 4 is 23.4 Å². The Morgan fingerprint density at radius 1 is 0.967 bits per heavy atom. The van der Waals surface area contributed by atoms with Crippen LogP contribution in [0.5, 0.6) is 0 Å². The summed E-state index contributed by atoms with van der Waals surface area (Å²) in [6, 6.07) is 15.9. The molecule has 6 heteroatoms. The molecular formula is C24H29N3O3. The van der Waals surface area contributed by atoms with E-state index < -0.39 is 0 Å². The molecule has 30 heavy (non-hydrogen) atoms. The molecule has 1 fully saturated rings. The average molecular weight is 408 g/mol. The molecule has 6 nitrogen and oxygen atoms in total. The van der Waals surface area contributed by atoms with Crippen molar-refractivity contribution in [3.8, 4) is 0 Å². The highest BCUT2D eigenvalue weighted by molar-refractivity contribution is 6.05. The van der Waals surface area contributed by atoms with Crippen LogP contribution in [0.25, 0.3) is 0 Å². The van der Waals surface area contributed by atoms with Crippen LogP contribution in [-0.2, 0) is 4.79 Å². The van der Waals surface area contributed by atoms with Crippen LogP contribution < -0.4 is 10.6 Å². The summed E-state index contributed by atoms with van der Waals surface area (Å²) >= 11 is 0. The van der Waals surface area contributed by atoms with E-state index in [1.54, 1.807) is 41.3 Å². The number of carbonyl (C=O) groups excluding carboxylic acids is 3. The molecule has 0 unspecified atom stereocenters. The zero-order valence-corrected chi connectivity index (χ0v) is 17.6. The Morgan fingerprint density at radius 2 is 1.63 bits per heavy atom. The van der Waals surface area contributed by atoms with Gasteiger partial charge in [-0.25, -0.2) is 0 Å². The highest BCUT2D eigenvalue weighted by Crippen LogP contribution is 2.21. The predicted molar refractivity (Wildman–Crippen MR) is 117 cm³/mol. The number of amides is 3. The Morgan fingerprint density at radius 3 is 2.30 bits per heavy atom. The summed E-state index contributed by atoms with van der Waals surface area (Å²) in [5, 5.41) is 5.82. The number of benzene rings is 2. The van der Waals surface area contributed by atoms with Crippen LogP contribution in [0.15, 0.2) is 54.6 Å². The molecule has 0 aromatic heterocycles. The number of hydrogen-bond acceptors (Lipinski definition) is 3. The number of nitrogens with one attached hydrogen (secondary N) is 2. The molecule has 1 heterocycles. The highest BCUT2D eigenvalue weighted by Gasteiger charge is 2.27. The van der Waals surface area contributed by atoms with Crippen molar-refractivity contribution in [1.82, 2.24) is 10.2 Å². The average Bonchev–Trinajstić information content (AvgIpc) is 2.77. The van der Waals surface area contributed by atoms with Gasteiger partial charge in [0.2, 0.25) is 5.91 Å². The third-order valence-electron chi connectivity index (χ3n) is 5.24. The van der Waals surface area contributed by atoms with Gasteiger partial charge >= 0.3 is 0 Å². The molecule has 0 spiro atoms. The monoisotopic (exact) mass is 407 g/mol. The fourth-order valence-electron chi connectivity index (χ4n) is 3.50. The molecule has 2 aromatic carbocycles. The number of piperidine rings is 1. The molecule has 0 radical (unpaired) electrons. The minimum Gasteiger partial charge on any atom is -0.356 e. The second-order valence-electron chi connectivity index (χ2n) is 8.11. The molecule has 0 atom stereocenters. The molecule has 2 aromatic rings. The van der Waals surface area contributed by atoms with E-state index in [1.165, 1.54) is 0 Å². The molecule has 3 amide bonds. The second-order valence-corrected chi connectivity index (χ2v) is 8.11. The summed E-state index contributed by atoms with van der Waals surface area (Å²) < 4.78 is 0. The Balaban J connectivity index is 1.57. The van der Waals surface area contributed by atoms with Gasteiger partial charge in [0.1, 0.15) is 0 Å². The van der Waals surface area contributed by atoms with E-state index in [4.69, 9.17) is 0 Å². The first-order chi connectivity index (χ1) is 14.4. The van der Waals surface area contributed by atoms with E-state index in [2.05, 4.69) is 24.5 Å². The lowest BCUT2D eigenvalue weighted by molar-refractivity contribution is -0.126. The number of rotatable bonds is 6. The van der Waals surface area contributed by atoms with Gasteiger partial charge in [0, 0.05) is 42.4 Å². The van der Waals surface area contributed by atoms with Crippen LogP contribution >= 0.6 is 0 Å². The van der Waals surface area contributed by atoms with E-state index in [9.17, 15) is 14.4 Å². The molecule has 158 valence electrons. The molecular weight excluding hydrogens is 378 g/mol. The maximum atomic E-state index is 12.9.